The average Bonchev–Trinajstić information content (AvgIpc) is 3.09. The third-order valence-corrected chi connectivity index (χ3v) is 4.04. The lowest BCUT2D eigenvalue weighted by Gasteiger charge is -2.03. The molecule has 6 nitrogen and oxygen atoms in total. The standard InChI is InChI=1S/C12H11N5OS2/c1-18-8-4-2-7(3-5-8)14-12-17-16-10(20-12)9-6-19-11(13)15-9/h2-6H,1H3,(H2,13,15)(H,14,17). The molecule has 3 N–H and O–H groups in total. The van der Waals surface area contributed by atoms with Crippen LogP contribution in [0.1, 0.15) is 0 Å². The van der Waals surface area contributed by atoms with Crippen LogP contribution in [0.3, 0.4) is 0 Å². The van der Waals surface area contributed by atoms with Crippen molar-refractivity contribution >= 4 is 38.6 Å². The van der Waals surface area contributed by atoms with Crippen molar-refractivity contribution < 1.29 is 4.74 Å². The fourth-order valence-corrected chi connectivity index (χ4v) is 2.91. The molecule has 0 aliphatic carbocycles. The molecule has 20 heavy (non-hydrogen) atoms. The number of hydrogen-bond donors (Lipinski definition) is 2. The number of anilines is 3. The van der Waals surface area contributed by atoms with E-state index in [1.165, 1.54) is 22.7 Å². The van der Waals surface area contributed by atoms with Gasteiger partial charge in [0.05, 0.1) is 7.11 Å². The molecule has 102 valence electrons. The Labute approximate surface area is 123 Å². The number of methoxy groups -OCH3 is 1. The fourth-order valence-electron chi connectivity index (χ4n) is 1.56. The molecule has 2 aromatic heterocycles. The van der Waals surface area contributed by atoms with Gasteiger partial charge >= 0.3 is 0 Å². The van der Waals surface area contributed by atoms with Crippen LogP contribution < -0.4 is 15.8 Å². The molecule has 8 heteroatoms. The number of nitrogens with two attached hydrogens (primary N) is 1. The topological polar surface area (TPSA) is 86.0 Å². The summed E-state index contributed by atoms with van der Waals surface area (Å²) in [5.74, 6) is 0.812. The van der Waals surface area contributed by atoms with Crippen LogP contribution in [0.15, 0.2) is 29.6 Å². The number of aromatic nitrogens is 3. The molecule has 0 spiro atoms. The van der Waals surface area contributed by atoms with E-state index >= 15 is 0 Å². The van der Waals surface area contributed by atoms with Crippen molar-refractivity contribution in [3.63, 3.8) is 0 Å². The second-order valence-corrected chi connectivity index (χ2v) is 5.70. The SMILES string of the molecule is COc1ccc(Nc2nnc(-c3csc(N)n3)s2)cc1. The zero-order chi connectivity index (χ0) is 13.9. The van der Waals surface area contributed by atoms with E-state index < -0.39 is 0 Å². The predicted molar refractivity (Wildman–Crippen MR) is 81.7 cm³/mol. The number of benzene rings is 1. The number of nitrogen functional groups attached to an aromatic ring is 1. The first kappa shape index (κ1) is 12.8. The number of nitrogens with one attached hydrogen (secondary N) is 1. The minimum absolute atomic E-state index is 0.528. The van der Waals surface area contributed by atoms with Crippen LogP contribution in [-0.2, 0) is 0 Å². The maximum atomic E-state index is 5.61. The lowest BCUT2D eigenvalue weighted by molar-refractivity contribution is 0.415. The first-order chi connectivity index (χ1) is 9.74. The van der Waals surface area contributed by atoms with Crippen LogP contribution in [0.25, 0.3) is 10.7 Å². The molecule has 0 aliphatic heterocycles. The molecule has 3 aromatic rings. The average molecular weight is 305 g/mol. The quantitative estimate of drug-likeness (QED) is 0.770. The molecule has 3 rings (SSSR count). The van der Waals surface area contributed by atoms with Crippen molar-refractivity contribution in [3.05, 3.63) is 29.6 Å². The summed E-state index contributed by atoms with van der Waals surface area (Å²) in [6.07, 6.45) is 0. The summed E-state index contributed by atoms with van der Waals surface area (Å²) in [4.78, 5) is 4.18. The largest absolute Gasteiger partial charge is 0.497 e. The Morgan fingerprint density at radius 1 is 1.20 bits per heavy atom. The van der Waals surface area contributed by atoms with E-state index in [1.807, 2.05) is 29.6 Å². The minimum atomic E-state index is 0.528. The van der Waals surface area contributed by atoms with Crippen molar-refractivity contribution in [2.45, 2.75) is 0 Å². The van der Waals surface area contributed by atoms with Gasteiger partial charge in [0.1, 0.15) is 11.4 Å². The third-order valence-electron chi connectivity index (χ3n) is 2.51. The molecule has 0 bridgehead atoms. The fraction of sp³-hybridized carbons (Fsp3) is 0.0833. The van der Waals surface area contributed by atoms with Gasteiger partial charge in [-0.2, -0.15) is 0 Å². The highest BCUT2D eigenvalue weighted by Gasteiger charge is 2.09. The Balaban J connectivity index is 1.76. The van der Waals surface area contributed by atoms with Crippen LogP contribution in [0.4, 0.5) is 16.0 Å². The van der Waals surface area contributed by atoms with E-state index in [0.717, 1.165) is 22.1 Å². The van der Waals surface area contributed by atoms with Gasteiger partial charge in [-0.3, -0.25) is 0 Å². The van der Waals surface area contributed by atoms with E-state index in [1.54, 1.807) is 7.11 Å². The van der Waals surface area contributed by atoms with Gasteiger partial charge in [-0.25, -0.2) is 4.98 Å². The van der Waals surface area contributed by atoms with Gasteiger partial charge < -0.3 is 15.8 Å². The van der Waals surface area contributed by atoms with E-state index in [9.17, 15) is 0 Å². The van der Waals surface area contributed by atoms with Crippen LogP contribution in [-0.4, -0.2) is 22.3 Å². The minimum Gasteiger partial charge on any atom is -0.497 e. The maximum absolute atomic E-state index is 5.61. The number of nitrogens with zero attached hydrogens (tertiary/aromatic N) is 3. The van der Waals surface area contributed by atoms with Gasteiger partial charge in [0.2, 0.25) is 5.13 Å². The number of ether oxygens (including phenoxy) is 1. The number of rotatable bonds is 4. The third kappa shape index (κ3) is 2.70. The molecule has 0 radical (unpaired) electrons. The molecular formula is C12H11N5OS2. The van der Waals surface area contributed by atoms with Crippen molar-refractivity contribution in [2.24, 2.45) is 0 Å². The highest BCUT2D eigenvalue weighted by Crippen LogP contribution is 2.30. The molecular weight excluding hydrogens is 294 g/mol. The normalized spacial score (nSPS) is 10.4. The molecule has 0 saturated heterocycles. The van der Waals surface area contributed by atoms with E-state index in [-0.39, 0.29) is 0 Å². The van der Waals surface area contributed by atoms with Gasteiger partial charge in [-0.15, -0.1) is 21.5 Å². The molecule has 0 unspecified atom stereocenters. The van der Waals surface area contributed by atoms with E-state index in [2.05, 4.69) is 20.5 Å². The zero-order valence-electron chi connectivity index (χ0n) is 10.5. The molecule has 1 aromatic carbocycles. The Morgan fingerprint density at radius 2 is 2.00 bits per heavy atom. The Morgan fingerprint density at radius 3 is 2.65 bits per heavy atom. The summed E-state index contributed by atoms with van der Waals surface area (Å²) in [6, 6.07) is 7.60. The Kier molecular flexibility index (Phi) is 3.48. The monoisotopic (exact) mass is 305 g/mol. The van der Waals surface area contributed by atoms with Gasteiger partial charge in [0, 0.05) is 11.1 Å². The second kappa shape index (κ2) is 5.43. The predicted octanol–water partition coefficient (Wildman–Crippen LogP) is 3.00. The van der Waals surface area contributed by atoms with E-state index in [0.29, 0.717) is 10.3 Å². The van der Waals surface area contributed by atoms with Gasteiger partial charge in [0.25, 0.3) is 0 Å². The van der Waals surface area contributed by atoms with Crippen LogP contribution in [0.2, 0.25) is 0 Å². The van der Waals surface area contributed by atoms with Crippen molar-refractivity contribution in [1.29, 1.82) is 0 Å². The lowest BCUT2D eigenvalue weighted by Crippen LogP contribution is -1.89. The van der Waals surface area contributed by atoms with Gasteiger partial charge in [0.15, 0.2) is 10.1 Å². The molecule has 0 aliphatic rings. The van der Waals surface area contributed by atoms with Gasteiger partial charge in [-0.05, 0) is 24.3 Å². The van der Waals surface area contributed by atoms with Crippen molar-refractivity contribution in [3.8, 4) is 16.5 Å². The first-order valence-electron chi connectivity index (χ1n) is 5.70. The summed E-state index contributed by atoms with van der Waals surface area (Å²) in [5, 5.41) is 15.2. The van der Waals surface area contributed by atoms with Crippen molar-refractivity contribution in [1.82, 2.24) is 15.2 Å². The van der Waals surface area contributed by atoms with Gasteiger partial charge in [-0.1, -0.05) is 11.3 Å². The summed E-state index contributed by atoms with van der Waals surface area (Å²) in [6.45, 7) is 0. The summed E-state index contributed by atoms with van der Waals surface area (Å²) >= 11 is 2.82. The number of thiazole rings is 1. The van der Waals surface area contributed by atoms with E-state index in [4.69, 9.17) is 10.5 Å². The summed E-state index contributed by atoms with van der Waals surface area (Å²) < 4.78 is 5.11. The summed E-state index contributed by atoms with van der Waals surface area (Å²) in [7, 11) is 1.64. The molecule has 0 saturated carbocycles. The highest BCUT2D eigenvalue weighted by molar-refractivity contribution is 7.19. The smallest absolute Gasteiger partial charge is 0.210 e. The van der Waals surface area contributed by atoms with Crippen molar-refractivity contribution in [2.75, 3.05) is 18.2 Å². The lowest BCUT2D eigenvalue weighted by atomic mass is 10.3. The highest BCUT2D eigenvalue weighted by atomic mass is 32.1. The zero-order valence-corrected chi connectivity index (χ0v) is 12.2. The maximum Gasteiger partial charge on any atom is 0.210 e. The van der Waals surface area contributed by atoms with Crippen LogP contribution in [0.5, 0.6) is 5.75 Å². The second-order valence-electron chi connectivity index (χ2n) is 3.84. The molecule has 2 heterocycles. The summed E-state index contributed by atoms with van der Waals surface area (Å²) in [5.41, 5.74) is 7.29. The molecule has 0 atom stereocenters. The number of hydrogen-bond acceptors (Lipinski definition) is 8. The first-order valence-corrected chi connectivity index (χ1v) is 7.40. The molecule has 0 fully saturated rings. The Bertz CT molecular complexity index is 707. The molecule has 0 amide bonds. The van der Waals surface area contributed by atoms with Crippen LogP contribution in [0, 0.1) is 0 Å². The van der Waals surface area contributed by atoms with Crippen LogP contribution >= 0.6 is 22.7 Å². The Hall–Kier alpha value is -2.19.